The maximum atomic E-state index is 13.1. The molecule has 0 aromatic heterocycles. The van der Waals surface area contributed by atoms with E-state index in [1.807, 2.05) is 78.9 Å². The minimum atomic E-state index is -1.77. The van der Waals surface area contributed by atoms with Crippen molar-refractivity contribution in [1.29, 1.82) is 0 Å². The largest absolute Gasteiger partial charge is 0.363 e. The highest BCUT2D eigenvalue weighted by Gasteiger charge is 2.54. The minimum absolute atomic E-state index is 0.215. The average Bonchev–Trinajstić information content (AvgIpc) is 2.76. The maximum absolute atomic E-state index is 13.1. The van der Waals surface area contributed by atoms with Crippen molar-refractivity contribution in [2.24, 2.45) is 5.92 Å². The maximum Gasteiger partial charge on any atom is 0.233 e. The first-order valence-corrected chi connectivity index (χ1v) is 9.57. The predicted octanol–water partition coefficient (Wildman–Crippen LogP) is 4.25. The molecule has 5 nitrogen and oxygen atoms in total. The fourth-order valence-electron chi connectivity index (χ4n) is 3.72. The Bertz CT molecular complexity index is 918. The molecule has 2 atom stereocenters. The van der Waals surface area contributed by atoms with E-state index in [-0.39, 0.29) is 12.3 Å². The molecular weight excluding hydrogens is 366 g/mol. The van der Waals surface area contributed by atoms with Crippen LogP contribution in [-0.4, -0.2) is 16.8 Å². The van der Waals surface area contributed by atoms with Crippen LogP contribution in [0.2, 0.25) is 0 Å². The van der Waals surface area contributed by atoms with Gasteiger partial charge in [0, 0.05) is 12.1 Å². The lowest BCUT2D eigenvalue weighted by Gasteiger charge is -2.45. The number of benzene rings is 3. The van der Waals surface area contributed by atoms with Crippen molar-refractivity contribution in [3.63, 3.8) is 0 Å². The zero-order valence-electron chi connectivity index (χ0n) is 16.1. The van der Waals surface area contributed by atoms with Gasteiger partial charge in [-0.1, -0.05) is 78.9 Å². The van der Waals surface area contributed by atoms with Crippen molar-refractivity contribution in [2.45, 2.75) is 24.7 Å². The summed E-state index contributed by atoms with van der Waals surface area (Å²) in [5.74, 6) is -2.97. The number of carbonyl (C=O) groups is 1. The van der Waals surface area contributed by atoms with Crippen LogP contribution in [0.15, 0.2) is 91.0 Å². The number of amides is 1. The van der Waals surface area contributed by atoms with Crippen LogP contribution in [0, 0.1) is 5.92 Å². The van der Waals surface area contributed by atoms with Crippen molar-refractivity contribution in [3.05, 3.63) is 102 Å². The van der Waals surface area contributed by atoms with Gasteiger partial charge in [0.05, 0.1) is 5.92 Å². The fraction of sp³-hybridized carbons (Fsp3) is 0.208. The van der Waals surface area contributed by atoms with Gasteiger partial charge >= 0.3 is 0 Å². The lowest BCUT2D eigenvalue weighted by atomic mass is 9.76. The van der Waals surface area contributed by atoms with Crippen LogP contribution in [0.3, 0.4) is 0 Å². The van der Waals surface area contributed by atoms with Crippen molar-refractivity contribution < 1.29 is 19.7 Å². The van der Waals surface area contributed by atoms with Crippen LogP contribution in [0.4, 0.5) is 5.69 Å². The first-order chi connectivity index (χ1) is 14.0. The number of hydrogen-bond donors (Lipinski definition) is 2. The smallest absolute Gasteiger partial charge is 0.233 e. The van der Waals surface area contributed by atoms with Gasteiger partial charge in [-0.3, -0.25) is 4.79 Å². The Balaban J connectivity index is 1.73. The molecule has 1 unspecified atom stereocenters. The zero-order chi connectivity index (χ0) is 20.3. The lowest BCUT2D eigenvalue weighted by molar-refractivity contribution is -0.487. The molecule has 1 fully saturated rings. The van der Waals surface area contributed by atoms with Gasteiger partial charge in [-0.2, -0.15) is 4.89 Å². The van der Waals surface area contributed by atoms with Gasteiger partial charge in [0.1, 0.15) is 0 Å². The monoisotopic (exact) mass is 389 g/mol. The molecule has 2 N–H and O–H groups in total. The van der Waals surface area contributed by atoms with Crippen LogP contribution in [-0.2, 0) is 20.2 Å². The van der Waals surface area contributed by atoms with Crippen molar-refractivity contribution in [1.82, 2.24) is 0 Å². The van der Waals surface area contributed by atoms with Gasteiger partial charge in [-0.15, -0.1) is 0 Å². The summed E-state index contributed by atoms with van der Waals surface area (Å²) in [7, 11) is 0. The molecule has 1 heterocycles. The summed E-state index contributed by atoms with van der Waals surface area (Å²) in [6, 6.07) is 28.4. The predicted molar refractivity (Wildman–Crippen MR) is 110 cm³/mol. The molecular formula is C24H23NO4. The Kier molecular flexibility index (Phi) is 5.20. The molecule has 0 saturated carbocycles. The summed E-state index contributed by atoms with van der Waals surface area (Å²) in [5, 5.41) is 13.7. The molecule has 5 heteroatoms. The average molecular weight is 389 g/mol. The molecule has 0 bridgehead atoms. The fourth-order valence-corrected chi connectivity index (χ4v) is 3.72. The number of aliphatic hydroxyl groups is 1. The van der Waals surface area contributed by atoms with Gasteiger partial charge in [0.15, 0.2) is 5.60 Å². The molecule has 1 saturated heterocycles. The third-order valence-electron chi connectivity index (χ3n) is 5.33. The van der Waals surface area contributed by atoms with E-state index in [2.05, 4.69) is 5.32 Å². The SMILES string of the molecule is CC1(O)OOC(c2ccccc2)(c2ccccc2)C[C@@H]1C(=O)Nc1ccccc1. The number of hydrogen-bond acceptors (Lipinski definition) is 4. The van der Waals surface area contributed by atoms with E-state index in [1.54, 1.807) is 12.1 Å². The van der Waals surface area contributed by atoms with E-state index in [4.69, 9.17) is 9.78 Å². The van der Waals surface area contributed by atoms with Crippen LogP contribution in [0.1, 0.15) is 24.5 Å². The molecule has 0 aliphatic carbocycles. The van der Waals surface area contributed by atoms with Crippen LogP contribution < -0.4 is 5.32 Å². The van der Waals surface area contributed by atoms with Crippen molar-refractivity contribution in [3.8, 4) is 0 Å². The second kappa shape index (κ2) is 7.79. The molecule has 29 heavy (non-hydrogen) atoms. The highest BCUT2D eigenvalue weighted by Crippen LogP contribution is 2.47. The number of carbonyl (C=O) groups excluding carboxylic acids is 1. The number of nitrogens with one attached hydrogen (secondary N) is 1. The molecule has 3 aromatic carbocycles. The topological polar surface area (TPSA) is 67.8 Å². The van der Waals surface area contributed by atoms with Crippen molar-refractivity contribution >= 4 is 11.6 Å². The molecule has 1 amide bonds. The second-order valence-corrected chi connectivity index (χ2v) is 7.39. The third-order valence-corrected chi connectivity index (χ3v) is 5.33. The Morgan fingerprint density at radius 2 is 1.34 bits per heavy atom. The molecule has 148 valence electrons. The molecule has 0 spiro atoms. The van der Waals surface area contributed by atoms with E-state index in [1.165, 1.54) is 6.92 Å². The quantitative estimate of drug-likeness (QED) is 0.655. The molecule has 4 rings (SSSR count). The van der Waals surface area contributed by atoms with E-state index in [0.29, 0.717) is 5.69 Å². The molecule has 1 aliphatic heterocycles. The Labute approximate surface area is 169 Å². The summed E-state index contributed by atoms with van der Waals surface area (Å²) in [6.07, 6.45) is 0.215. The summed E-state index contributed by atoms with van der Waals surface area (Å²) < 4.78 is 0. The summed E-state index contributed by atoms with van der Waals surface area (Å²) >= 11 is 0. The third kappa shape index (κ3) is 3.80. The molecule has 3 aromatic rings. The Morgan fingerprint density at radius 3 is 1.86 bits per heavy atom. The van der Waals surface area contributed by atoms with E-state index < -0.39 is 17.3 Å². The van der Waals surface area contributed by atoms with Crippen LogP contribution in [0.25, 0.3) is 0 Å². The number of para-hydroxylation sites is 1. The van der Waals surface area contributed by atoms with Crippen LogP contribution >= 0.6 is 0 Å². The van der Waals surface area contributed by atoms with E-state index >= 15 is 0 Å². The molecule has 0 radical (unpaired) electrons. The minimum Gasteiger partial charge on any atom is -0.363 e. The summed E-state index contributed by atoms with van der Waals surface area (Å²) in [6.45, 7) is 1.45. The van der Waals surface area contributed by atoms with Gasteiger partial charge in [-0.05, 0) is 30.2 Å². The number of rotatable bonds is 4. The van der Waals surface area contributed by atoms with E-state index in [0.717, 1.165) is 11.1 Å². The zero-order valence-corrected chi connectivity index (χ0v) is 16.1. The first-order valence-electron chi connectivity index (χ1n) is 9.57. The summed E-state index contributed by atoms with van der Waals surface area (Å²) in [4.78, 5) is 24.4. The van der Waals surface area contributed by atoms with Gasteiger partial charge < -0.3 is 10.4 Å². The Morgan fingerprint density at radius 1 is 0.862 bits per heavy atom. The van der Waals surface area contributed by atoms with Gasteiger partial charge in [0.2, 0.25) is 11.7 Å². The highest BCUT2D eigenvalue weighted by atomic mass is 17.2. The normalized spacial score (nSPS) is 23.3. The van der Waals surface area contributed by atoms with E-state index in [9.17, 15) is 9.90 Å². The standard InChI is InChI=1S/C24H23NO4/c1-23(27)21(22(26)25-20-15-9-4-10-16-20)17-24(29-28-23,18-11-5-2-6-12-18)19-13-7-3-8-14-19/h2-16,21,27H,17H2,1H3,(H,25,26)/t21-,23?/m1/s1. The highest BCUT2D eigenvalue weighted by molar-refractivity contribution is 5.93. The second-order valence-electron chi connectivity index (χ2n) is 7.39. The number of anilines is 1. The van der Waals surface area contributed by atoms with Crippen molar-refractivity contribution in [2.75, 3.05) is 5.32 Å². The van der Waals surface area contributed by atoms with Crippen LogP contribution in [0.5, 0.6) is 0 Å². The lowest BCUT2D eigenvalue weighted by Crippen LogP contribution is -2.54. The first kappa shape index (κ1) is 19.3. The van der Waals surface area contributed by atoms with Gasteiger partial charge in [0.25, 0.3) is 0 Å². The van der Waals surface area contributed by atoms with Gasteiger partial charge in [-0.25, -0.2) is 4.89 Å². The Hall–Kier alpha value is -2.99. The molecule has 1 aliphatic rings. The summed E-state index contributed by atoms with van der Waals surface area (Å²) in [5.41, 5.74) is 1.33.